The van der Waals surface area contributed by atoms with Crippen LogP contribution in [0.1, 0.15) is 60.4 Å². The van der Waals surface area contributed by atoms with Gasteiger partial charge in [-0.1, -0.05) is 78.1 Å². The van der Waals surface area contributed by atoms with Crippen LogP contribution in [0.2, 0.25) is 0 Å². The molecule has 4 rings (SSSR count). The molecule has 8 heteroatoms. The summed E-state index contributed by atoms with van der Waals surface area (Å²) in [5, 5.41) is 3.11. The molecule has 1 atom stereocenters. The standard InChI is InChI=1S/C33H41N3O4S/c1-23-10-15-28(16-11-23)21-35(27(5)33(38)34-29-8-6-7-9-29)32(37)22-36(31-19-14-25(3)20-26(31)4)41(39,40)30-17-12-24(2)13-18-30/h10-20,27,29H,6-9,21-22H2,1-5H3,(H,34,38)/t27-/m0/s1. The van der Waals surface area contributed by atoms with E-state index in [0.29, 0.717) is 5.69 Å². The third-order valence-corrected chi connectivity index (χ3v) is 9.63. The smallest absolute Gasteiger partial charge is 0.264 e. The third-order valence-electron chi connectivity index (χ3n) is 7.85. The molecule has 1 N–H and O–H groups in total. The fourth-order valence-corrected chi connectivity index (χ4v) is 6.78. The molecule has 1 aliphatic rings. The second kappa shape index (κ2) is 12.9. The van der Waals surface area contributed by atoms with Gasteiger partial charge in [0.25, 0.3) is 10.0 Å². The first kappa shape index (κ1) is 30.3. The quantitative estimate of drug-likeness (QED) is 0.341. The zero-order chi connectivity index (χ0) is 29.7. The number of nitrogens with one attached hydrogen (secondary N) is 1. The number of nitrogens with zero attached hydrogens (tertiary/aromatic N) is 2. The third kappa shape index (κ3) is 7.36. The Balaban J connectivity index is 1.70. The fourth-order valence-electron chi connectivity index (χ4n) is 5.30. The van der Waals surface area contributed by atoms with Gasteiger partial charge in [-0.2, -0.15) is 0 Å². The maximum atomic E-state index is 14.1. The number of hydrogen-bond donors (Lipinski definition) is 1. The summed E-state index contributed by atoms with van der Waals surface area (Å²) in [4.78, 5) is 29.1. The zero-order valence-electron chi connectivity index (χ0n) is 24.7. The maximum Gasteiger partial charge on any atom is 0.264 e. The van der Waals surface area contributed by atoms with Gasteiger partial charge >= 0.3 is 0 Å². The van der Waals surface area contributed by atoms with Crippen molar-refractivity contribution in [2.24, 2.45) is 0 Å². The summed E-state index contributed by atoms with van der Waals surface area (Å²) in [5.41, 5.74) is 5.05. The number of carbonyl (C=O) groups excluding carboxylic acids is 2. The molecule has 0 aliphatic heterocycles. The van der Waals surface area contributed by atoms with Gasteiger partial charge in [-0.05, 0) is 76.8 Å². The minimum atomic E-state index is -4.09. The minimum absolute atomic E-state index is 0.105. The molecule has 0 radical (unpaired) electrons. The molecule has 1 saturated carbocycles. The van der Waals surface area contributed by atoms with Crippen LogP contribution in [0, 0.1) is 27.7 Å². The highest BCUT2D eigenvalue weighted by Crippen LogP contribution is 2.28. The predicted molar refractivity (Wildman–Crippen MR) is 163 cm³/mol. The van der Waals surface area contributed by atoms with Gasteiger partial charge in [0.1, 0.15) is 12.6 Å². The summed E-state index contributed by atoms with van der Waals surface area (Å²) < 4.78 is 29.3. The maximum absolute atomic E-state index is 14.1. The van der Waals surface area contributed by atoms with Gasteiger partial charge in [-0.3, -0.25) is 13.9 Å². The van der Waals surface area contributed by atoms with E-state index in [1.165, 1.54) is 9.21 Å². The van der Waals surface area contributed by atoms with E-state index in [9.17, 15) is 18.0 Å². The molecule has 1 aliphatic carbocycles. The van der Waals surface area contributed by atoms with Crippen LogP contribution in [0.25, 0.3) is 0 Å². The number of amides is 2. The van der Waals surface area contributed by atoms with E-state index in [4.69, 9.17) is 0 Å². The van der Waals surface area contributed by atoms with Crippen LogP contribution in [-0.2, 0) is 26.2 Å². The van der Waals surface area contributed by atoms with E-state index in [-0.39, 0.29) is 23.4 Å². The number of sulfonamides is 1. The lowest BCUT2D eigenvalue weighted by Gasteiger charge is -2.33. The lowest BCUT2D eigenvalue weighted by molar-refractivity contribution is -0.139. The molecule has 218 valence electrons. The van der Waals surface area contributed by atoms with E-state index in [1.54, 1.807) is 37.3 Å². The Bertz CT molecular complexity index is 1480. The lowest BCUT2D eigenvalue weighted by Crippen LogP contribution is -2.52. The highest BCUT2D eigenvalue weighted by molar-refractivity contribution is 7.92. The monoisotopic (exact) mass is 575 g/mol. The summed E-state index contributed by atoms with van der Waals surface area (Å²) in [6.45, 7) is 9.12. The van der Waals surface area contributed by atoms with Gasteiger partial charge < -0.3 is 10.2 Å². The molecular weight excluding hydrogens is 534 g/mol. The van der Waals surface area contributed by atoms with Crippen LogP contribution < -0.4 is 9.62 Å². The van der Waals surface area contributed by atoms with Crippen molar-refractivity contribution in [3.05, 3.63) is 94.5 Å². The van der Waals surface area contributed by atoms with Gasteiger partial charge in [-0.25, -0.2) is 8.42 Å². The minimum Gasteiger partial charge on any atom is -0.352 e. The summed E-state index contributed by atoms with van der Waals surface area (Å²) in [7, 11) is -4.09. The van der Waals surface area contributed by atoms with Crippen LogP contribution in [0.15, 0.2) is 71.6 Å². The Morgan fingerprint density at radius 3 is 2.00 bits per heavy atom. The average Bonchev–Trinajstić information content (AvgIpc) is 3.44. The molecule has 3 aromatic carbocycles. The van der Waals surface area contributed by atoms with Gasteiger partial charge in [0.05, 0.1) is 10.6 Å². The first-order chi connectivity index (χ1) is 19.5. The number of aryl methyl sites for hydroxylation is 4. The number of carbonyl (C=O) groups is 2. The first-order valence-corrected chi connectivity index (χ1v) is 15.7. The molecule has 0 unspecified atom stereocenters. The van der Waals surface area contributed by atoms with Crippen molar-refractivity contribution in [2.45, 2.75) is 83.8 Å². The van der Waals surface area contributed by atoms with Crippen LogP contribution >= 0.6 is 0 Å². The number of benzene rings is 3. The van der Waals surface area contributed by atoms with Crippen molar-refractivity contribution in [3.8, 4) is 0 Å². The molecular formula is C33H41N3O4S. The van der Waals surface area contributed by atoms with Gasteiger partial charge in [0.15, 0.2) is 0 Å². The van der Waals surface area contributed by atoms with Crippen molar-refractivity contribution in [1.29, 1.82) is 0 Å². The van der Waals surface area contributed by atoms with Crippen LogP contribution in [0.4, 0.5) is 5.69 Å². The Kier molecular flexibility index (Phi) is 9.53. The SMILES string of the molecule is Cc1ccc(CN(C(=O)CN(c2ccc(C)cc2C)S(=O)(=O)c2ccc(C)cc2)[C@@H](C)C(=O)NC2CCCC2)cc1. The largest absolute Gasteiger partial charge is 0.352 e. The fraction of sp³-hybridized carbons (Fsp3) is 0.394. The summed E-state index contributed by atoms with van der Waals surface area (Å²) in [5.74, 6) is -0.674. The lowest BCUT2D eigenvalue weighted by atomic mass is 10.1. The van der Waals surface area contributed by atoms with Crippen LogP contribution in [0.3, 0.4) is 0 Å². The molecule has 0 spiro atoms. The molecule has 3 aromatic rings. The normalized spacial score (nSPS) is 14.5. The molecule has 2 amide bonds. The van der Waals surface area contributed by atoms with Gasteiger partial charge in [-0.15, -0.1) is 0 Å². The van der Waals surface area contributed by atoms with Crippen LogP contribution in [-0.4, -0.2) is 43.8 Å². The van der Waals surface area contributed by atoms with Crippen molar-refractivity contribution >= 4 is 27.5 Å². The number of hydrogen-bond acceptors (Lipinski definition) is 4. The summed E-state index contributed by atoms with van der Waals surface area (Å²) >= 11 is 0. The molecule has 1 fully saturated rings. The van der Waals surface area contributed by atoms with Gasteiger partial charge in [0, 0.05) is 12.6 Å². The molecule has 0 aromatic heterocycles. The predicted octanol–water partition coefficient (Wildman–Crippen LogP) is 5.59. The number of anilines is 1. The van der Waals surface area contributed by atoms with Crippen molar-refractivity contribution in [2.75, 3.05) is 10.8 Å². The highest BCUT2D eigenvalue weighted by Gasteiger charge is 2.33. The molecule has 0 saturated heterocycles. The Morgan fingerprint density at radius 1 is 0.854 bits per heavy atom. The molecule has 41 heavy (non-hydrogen) atoms. The second-order valence-electron chi connectivity index (χ2n) is 11.3. The Labute approximate surface area is 244 Å². The van der Waals surface area contributed by atoms with E-state index < -0.39 is 28.5 Å². The molecule has 0 bridgehead atoms. The summed E-state index contributed by atoms with van der Waals surface area (Å²) in [6, 6.07) is 19.2. The van der Waals surface area contributed by atoms with E-state index in [2.05, 4.69) is 5.32 Å². The summed E-state index contributed by atoms with van der Waals surface area (Å²) in [6.07, 6.45) is 4.01. The van der Waals surface area contributed by atoms with Crippen molar-refractivity contribution in [3.63, 3.8) is 0 Å². The topological polar surface area (TPSA) is 86.8 Å². The molecule has 7 nitrogen and oxygen atoms in total. The highest BCUT2D eigenvalue weighted by atomic mass is 32.2. The van der Waals surface area contributed by atoms with E-state index in [0.717, 1.165) is 53.5 Å². The van der Waals surface area contributed by atoms with Gasteiger partial charge in [0.2, 0.25) is 11.8 Å². The Morgan fingerprint density at radius 2 is 1.41 bits per heavy atom. The molecule has 0 heterocycles. The Hall–Kier alpha value is -3.65. The second-order valence-corrected chi connectivity index (χ2v) is 13.2. The zero-order valence-corrected chi connectivity index (χ0v) is 25.5. The average molecular weight is 576 g/mol. The first-order valence-electron chi connectivity index (χ1n) is 14.3. The van der Waals surface area contributed by atoms with E-state index >= 15 is 0 Å². The van der Waals surface area contributed by atoms with E-state index in [1.807, 2.05) is 64.1 Å². The van der Waals surface area contributed by atoms with Crippen molar-refractivity contribution in [1.82, 2.24) is 10.2 Å². The van der Waals surface area contributed by atoms with Crippen molar-refractivity contribution < 1.29 is 18.0 Å². The number of rotatable bonds is 10. The van der Waals surface area contributed by atoms with Crippen LogP contribution in [0.5, 0.6) is 0 Å².